The van der Waals surface area contributed by atoms with Crippen LogP contribution in [0.15, 0.2) is 103 Å². The standard InChI is InChI=1S/C25H23O2P/c1-27-25(21-14-8-4-9-15-21,22-16-10-5-11-17-22)19-18-23(24(26)28-2)20-12-6-3-7-13-20/h3-19,23H,2H2,1H3/p+1. The van der Waals surface area contributed by atoms with Crippen LogP contribution in [0.5, 0.6) is 0 Å². The van der Waals surface area contributed by atoms with Gasteiger partial charge in [0.05, 0.1) is 6.30 Å². The summed E-state index contributed by atoms with van der Waals surface area (Å²) in [6.45, 7) is 0. The molecule has 140 valence electrons. The molecule has 0 aliphatic heterocycles. The van der Waals surface area contributed by atoms with E-state index in [2.05, 4.69) is 6.30 Å². The van der Waals surface area contributed by atoms with E-state index in [-0.39, 0.29) is 19.6 Å². The van der Waals surface area contributed by atoms with E-state index < -0.39 is 5.60 Å². The van der Waals surface area contributed by atoms with Gasteiger partial charge in [-0.25, -0.2) is 4.79 Å². The number of carbonyl (C=O) groups is 1. The molecule has 0 spiro atoms. The summed E-state index contributed by atoms with van der Waals surface area (Å²) in [5.74, 6) is -0.348. The maximum Gasteiger partial charge on any atom is 0.330 e. The van der Waals surface area contributed by atoms with Gasteiger partial charge in [-0.05, 0) is 22.8 Å². The zero-order chi connectivity index (χ0) is 19.8. The lowest BCUT2D eigenvalue weighted by Gasteiger charge is -2.31. The van der Waals surface area contributed by atoms with Gasteiger partial charge in [-0.15, -0.1) is 0 Å². The zero-order valence-electron chi connectivity index (χ0n) is 15.9. The molecule has 3 rings (SSSR count). The molecule has 0 amide bonds. The van der Waals surface area contributed by atoms with Crippen LogP contribution in [-0.2, 0) is 15.1 Å². The normalized spacial score (nSPS) is 12.9. The fraction of sp³-hybridized carbons (Fsp3) is 0.120. The molecule has 3 aromatic rings. The Morgan fingerprint density at radius 3 is 1.79 bits per heavy atom. The molecule has 0 saturated heterocycles. The highest BCUT2D eigenvalue weighted by Gasteiger charge is 2.32. The third-order valence-electron chi connectivity index (χ3n) is 4.87. The minimum atomic E-state index is -0.778. The molecular weight excluding hydrogens is 363 g/mol. The Labute approximate surface area is 168 Å². The number of methoxy groups -OCH3 is 1. The van der Waals surface area contributed by atoms with Crippen LogP contribution in [0.3, 0.4) is 0 Å². The third-order valence-corrected chi connectivity index (χ3v) is 5.53. The Morgan fingerprint density at radius 1 is 0.893 bits per heavy atom. The second-order valence-electron chi connectivity index (χ2n) is 6.46. The van der Waals surface area contributed by atoms with Crippen molar-refractivity contribution in [3.05, 3.63) is 120 Å². The van der Waals surface area contributed by atoms with E-state index >= 15 is 0 Å². The van der Waals surface area contributed by atoms with Crippen LogP contribution in [-0.4, -0.2) is 18.9 Å². The summed E-state index contributed by atoms with van der Waals surface area (Å²) in [5.41, 5.74) is 2.31. The summed E-state index contributed by atoms with van der Waals surface area (Å²) < 4.78 is 6.10. The first kappa shape index (κ1) is 19.9. The van der Waals surface area contributed by atoms with E-state index in [4.69, 9.17) is 4.74 Å². The molecule has 0 bridgehead atoms. The minimum Gasteiger partial charge on any atom is -0.365 e. The summed E-state index contributed by atoms with van der Waals surface area (Å²) in [4.78, 5) is 12.6. The lowest BCUT2D eigenvalue weighted by molar-refractivity contribution is -0.111. The highest BCUT2D eigenvalue weighted by Crippen LogP contribution is 2.36. The van der Waals surface area contributed by atoms with Gasteiger partial charge in [0.15, 0.2) is 0 Å². The number of carbonyl (C=O) groups excluding carboxylic acids is 1. The average Bonchev–Trinajstić information content (AvgIpc) is 2.78. The largest absolute Gasteiger partial charge is 0.365 e. The second kappa shape index (κ2) is 9.41. The molecule has 0 aliphatic rings. The fourth-order valence-corrected chi connectivity index (χ4v) is 3.87. The number of rotatable bonds is 8. The third kappa shape index (κ3) is 4.20. The predicted octanol–water partition coefficient (Wildman–Crippen LogP) is 5.55. The molecule has 2 nitrogen and oxygen atoms in total. The number of ether oxygens (including phenoxy) is 1. The molecule has 0 radical (unpaired) electrons. The molecule has 3 aromatic carbocycles. The summed E-state index contributed by atoms with van der Waals surface area (Å²) in [6, 6.07) is 30.0. The zero-order valence-corrected chi connectivity index (χ0v) is 16.9. The number of hydrogen-bond donors (Lipinski definition) is 0. The van der Waals surface area contributed by atoms with E-state index in [9.17, 15) is 4.79 Å². The van der Waals surface area contributed by atoms with E-state index in [0.717, 1.165) is 16.7 Å². The van der Waals surface area contributed by atoms with Crippen molar-refractivity contribution >= 4 is 20.0 Å². The maximum atomic E-state index is 12.6. The van der Waals surface area contributed by atoms with Crippen LogP contribution in [0, 0.1) is 0 Å². The van der Waals surface area contributed by atoms with Gasteiger partial charge >= 0.3 is 5.52 Å². The number of hydrogen-bond acceptors (Lipinski definition) is 2. The Kier molecular flexibility index (Phi) is 6.71. The second-order valence-corrected chi connectivity index (χ2v) is 7.31. The minimum absolute atomic E-state index is 0.0166. The lowest BCUT2D eigenvalue weighted by atomic mass is 9.84. The molecule has 0 aliphatic carbocycles. The molecule has 28 heavy (non-hydrogen) atoms. The molecule has 0 N–H and O–H groups in total. The first-order valence-electron chi connectivity index (χ1n) is 9.18. The predicted molar refractivity (Wildman–Crippen MR) is 119 cm³/mol. The molecular formula is C25H24O2P+. The quantitative estimate of drug-likeness (QED) is 0.374. The number of allylic oxidation sites excluding steroid dienone is 1. The highest BCUT2D eigenvalue weighted by atomic mass is 31.1. The summed E-state index contributed by atoms with van der Waals surface area (Å²) in [7, 11) is 1.68. The average molecular weight is 387 g/mol. The smallest absolute Gasteiger partial charge is 0.330 e. The van der Waals surface area contributed by atoms with Crippen LogP contribution in [0.2, 0.25) is 0 Å². The Hall–Kier alpha value is -2.80. The van der Waals surface area contributed by atoms with Crippen molar-refractivity contribution in [3.63, 3.8) is 0 Å². The van der Waals surface area contributed by atoms with E-state index in [0.29, 0.717) is 0 Å². The molecule has 0 aromatic heterocycles. The van der Waals surface area contributed by atoms with Crippen molar-refractivity contribution in [2.75, 3.05) is 7.11 Å². The molecule has 3 heteroatoms. The van der Waals surface area contributed by atoms with Crippen LogP contribution in [0.1, 0.15) is 22.6 Å². The SMILES string of the molecule is C=[PH+]C(=O)C(C=CC(OC)(c1ccccc1)c1ccccc1)c1ccccc1. The van der Waals surface area contributed by atoms with E-state index in [1.807, 2.05) is 103 Å². The lowest BCUT2D eigenvalue weighted by Crippen LogP contribution is -2.28. The fourth-order valence-electron chi connectivity index (χ4n) is 3.39. The highest BCUT2D eigenvalue weighted by molar-refractivity contribution is 7.56. The van der Waals surface area contributed by atoms with Gasteiger partial charge in [-0.2, -0.15) is 0 Å². The molecule has 0 fully saturated rings. The molecule has 2 unspecified atom stereocenters. The summed E-state index contributed by atoms with van der Waals surface area (Å²) in [6.07, 6.45) is 7.79. The first-order valence-corrected chi connectivity index (χ1v) is 10.4. The summed E-state index contributed by atoms with van der Waals surface area (Å²) in [5, 5.41) is 0. The summed E-state index contributed by atoms with van der Waals surface area (Å²) >= 11 is 0. The Morgan fingerprint density at radius 2 is 1.36 bits per heavy atom. The van der Waals surface area contributed by atoms with Crippen LogP contribution >= 0.6 is 8.20 Å². The number of benzene rings is 3. The van der Waals surface area contributed by atoms with Crippen molar-refractivity contribution < 1.29 is 9.53 Å². The van der Waals surface area contributed by atoms with Gasteiger partial charge in [0.2, 0.25) is 0 Å². The maximum absolute atomic E-state index is 12.6. The van der Waals surface area contributed by atoms with Crippen molar-refractivity contribution in [1.82, 2.24) is 0 Å². The van der Waals surface area contributed by atoms with Gasteiger partial charge in [0.25, 0.3) is 0 Å². The van der Waals surface area contributed by atoms with Crippen molar-refractivity contribution in [2.24, 2.45) is 0 Å². The first-order chi connectivity index (χ1) is 13.7. The Balaban J connectivity index is 2.13. The van der Waals surface area contributed by atoms with Crippen molar-refractivity contribution in [1.29, 1.82) is 0 Å². The monoisotopic (exact) mass is 387 g/mol. The van der Waals surface area contributed by atoms with E-state index in [1.165, 1.54) is 0 Å². The van der Waals surface area contributed by atoms with Gasteiger partial charge < -0.3 is 4.74 Å². The van der Waals surface area contributed by atoms with Gasteiger partial charge in [0, 0.05) is 7.11 Å². The van der Waals surface area contributed by atoms with Gasteiger partial charge in [-0.3, -0.25) is 0 Å². The van der Waals surface area contributed by atoms with Crippen LogP contribution in [0.25, 0.3) is 0 Å². The van der Waals surface area contributed by atoms with Crippen molar-refractivity contribution in [3.8, 4) is 0 Å². The van der Waals surface area contributed by atoms with Gasteiger partial charge in [0.1, 0.15) is 19.7 Å². The van der Waals surface area contributed by atoms with Crippen LogP contribution < -0.4 is 0 Å². The Bertz CT molecular complexity index is 895. The van der Waals surface area contributed by atoms with E-state index in [1.54, 1.807) is 7.11 Å². The molecule has 0 saturated carbocycles. The van der Waals surface area contributed by atoms with Gasteiger partial charge in [-0.1, -0.05) is 97.1 Å². The molecule has 0 heterocycles. The topological polar surface area (TPSA) is 26.3 Å². The molecule has 2 atom stereocenters. The van der Waals surface area contributed by atoms with Crippen LogP contribution in [0.4, 0.5) is 0 Å². The van der Waals surface area contributed by atoms with Crippen molar-refractivity contribution in [2.45, 2.75) is 11.5 Å².